The number of rotatable bonds is 5. The summed E-state index contributed by atoms with van der Waals surface area (Å²) in [7, 11) is 2.16. The maximum absolute atomic E-state index is 8.59. The van der Waals surface area contributed by atoms with Crippen molar-refractivity contribution < 1.29 is 5.21 Å². The van der Waals surface area contributed by atoms with Crippen molar-refractivity contribution in [2.75, 3.05) is 13.6 Å². The van der Waals surface area contributed by atoms with E-state index in [-0.39, 0.29) is 5.84 Å². The highest BCUT2D eigenvalue weighted by molar-refractivity contribution is 5.96. The molecule has 1 aromatic rings. The van der Waals surface area contributed by atoms with Crippen LogP contribution >= 0.6 is 0 Å². The number of amidine groups is 1. The first-order chi connectivity index (χ1) is 8.60. The number of nitrogens with two attached hydrogens (primary N) is 1. The van der Waals surface area contributed by atoms with Crippen LogP contribution in [0, 0.1) is 11.8 Å². The third-order valence-corrected chi connectivity index (χ3v) is 3.63. The van der Waals surface area contributed by atoms with E-state index in [2.05, 4.69) is 24.0 Å². The molecule has 0 radical (unpaired) electrons. The molecule has 2 unspecified atom stereocenters. The average Bonchev–Trinajstić information content (AvgIpc) is 3.04. The highest BCUT2D eigenvalue weighted by atomic mass is 16.4. The van der Waals surface area contributed by atoms with Gasteiger partial charge in [0.05, 0.1) is 0 Å². The molecule has 2 rings (SSSR count). The Bertz CT molecular complexity index is 427. The minimum absolute atomic E-state index is 0.154. The summed E-state index contributed by atoms with van der Waals surface area (Å²) in [6.45, 7) is 4.42. The molecule has 3 N–H and O–H groups in total. The lowest BCUT2D eigenvalue weighted by Gasteiger charge is -2.16. The molecule has 18 heavy (non-hydrogen) atoms. The smallest absolute Gasteiger partial charge is 0.170 e. The third-order valence-electron chi connectivity index (χ3n) is 3.63. The van der Waals surface area contributed by atoms with Crippen LogP contribution in [-0.2, 0) is 6.54 Å². The van der Waals surface area contributed by atoms with E-state index in [0.717, 1.165) is 23.9 Å². The molecule has 1 saturated carbocycles. The summed E-state index contributed by atoms with van der Waals surface area (Å²) in [4.78, 5) is 2.35. The Morgan fingerprint density at radius 3 is 2.56 bits per heavy atom. The monoisotopic (exact) mass is 247 g/mol. The van der Waals surface area contributed by atoms with Gasteiger partial charge in [0.15, 0.2) is 5.84 Å². The second kappa shape index (κ2) is 5.40. The van der Waals surface area contributed by atoms with Gasteiger partial charge in [-0.05, 0) is 30.9 Å². The van der Waals surface area contributed by atoms with Gasteiger partial charge >= 0.3 is 0 Å². The minimum atomic E-state index is 0.154. The van der Waals surface area contributed by atoms with E-state index >= 15 is 0 Å². The molecule has 0 saturated heterocycles. The van der Waals surface area contributed by atoms with Gasteiger partial charge in [-0.25, -0.2) is 0 Å². The van der Waals surface area contributed by atoms with Crippen LogP contribution in [0.2, 0.25) is 0 Å². The van der Waals surface area contributed by atoms with Gasteiger partial charge in [-0.1, -0.05) is 36.3 Å². The Morgan fingerprint density at radius 1 is 1.44 bits per heavy atom. The number of oxime groups is 1. The van der Waals surface area contributed by atoms with Crippen molar-refractivity contribution in [2.24, 2.45) is 22.7 Å². The van der Waals surface area contributed by atoms with Gasteiger partial charge in [-0.2, -0.15) is 0 Å². The second-order valence-corrected chi connectivity index (χ2v) is 5.35. The van der Waals surface area contributed by atoms with E-state index in [1.165, 1.54) is 18.5 Å². The summed E-state index contributed by atoms with van der Waals surface area (Å²) in [6, 6.07) is 7.83. The van der Waals surface area contributed by atoms with Crippen molar-refractivity contribution >= 4 is 5.84 Å². The molecule has 4 heteroatoms. The molecular weight excluding hydrogens is 226 g/mol. The van der Waals surface area contributed by atoms with Crippen LogP contribution in [-0.4, -0.2) is 29.5 Å². The molecule has 0 aliphatic heterocycles. The Kier molecular flexibility index (Phi) is 3.87. The van der Waals surface area contributed by atoms with E-state index in [0.29, 0.717) is 0 Å². The molecule has 0 bridgehead atoms. The first kappa shape index (κ1) is 12.9. The Balaban J connectivity index is 1.89. The van der Waals surface area contributed by atoms with Crippen molar-refractivity contribution in [1.82, 2.24) is 4.90 Å². The van der Waals surface area contributed by atoms with Gasteiger partial charge in [0.25, 0.3) is 0 Å². The standard InChI is InChI=1S/C14H21N3O/c1-10-7-13(10)9-17(2)8-11-3-5-12(6-4-11)14(15)16-18/h3-6,10,13,18H,7-9H2,1-2H3,(H2,15,16). The molecule has 1 aliphatic rings. The quantitative estimate of drug-likeness (QED) is 0.361. The van der Waals surface area contributed by atoms with E-state index < -0.39 is 0 Å². The van der Waals surface area contributed by atoms with Crippen LogP contribution < -0.4 is 5.73 Å². The molecular formula is C14H21N3O. The Hall–Kier alpha value is -1.55. The number of nitrogens with zero attached hydrogens (tertiary/aromatic N) is 2. The topological polar surface area (TPSA) is 61.8 Å². The number of benzene rings is 1. The van der Waals surface area contributed by atoms with Crippen molar-refractivity contribution in [2.45, 2.75) is 19.9 Å². The fourth-order valence-electron chi connectivity index (χ4n) is 2.27. The third kappa shape index (κ3) is 3.23. The summed E-state index contributed by atoms with van der Waals surface area (Å²) >= 11 is 0. The zero-order valence-corrected chi connectivity index (χ0v) is 11.0. The number of hydrogen-bond acceptors (Lipinski definition) is 3. The highest BCUT2D eigenvalue weighted by Crippen LogP contribution is 2.38. The van der Waals surface area contributed by atoms with Gasteiger partial charge in [-0.15, -0.1) is 0 Å². The molecule has 1 fully saturated rings. The van der Waals surface area contributed by atoms with Crippen LogP contribution in [0.5, 0.6) is 0 Å². The molecule has 2 atom stereocenters. The SMILES string of the molecule is CC1CC1CN(C)Cc1ccc(/C(N)=N/O)cc1. The van der Waals surface area contributed by atoms with Gasteiger partial charge in [0.2, 0.25) is 0 Å². The zero-order chi connectivity index (χ0) is 13.1. The highest BCUT2D eigenvalue weighted by Gasteiger charge is 2.32. The molecule has 0 amide bonds. The molecule has 0 heterocycles. The molecule has 4 nitrogen and oxygen atoms in total. The number of hydrogen-bond donors (Lipinski definition) is 2. The van der Waals surface area contributed by atoms with E-state index in [9.17, 15) is 0 Å². The molecule has 1 aliphatic carbocycles. The fourth-order valence-corrected chi connectivity index (χ4v) is 2.27. The van der Waals surface area contributed by atoms with Crippen LogP contribution in [0.1, 0.15) is 24.5 Å². The Labute approximate surface area is 108 Å². The lowest BCUT2D eigenvalue weighted by atomic mass is 10.1. The second-order valence-electron chi connectivity index (χ2n) is 5.35. The summed E-state index contributed by atoms with van der Waals surface area (Å²) in [5.41, 5.74) is 7.52. The zero-order valence-electron chi connectivity index (χ0n) is 11.0. The molecule has 1 aromatic carbocycles. The van der Waals surface area contributed by atoms with Crippen LogP contribution in [0.25, 0.3) is 0 Å². The summed E-state index contributed by atoms with van der Waals surface area (Å²) in [5, 5.41) is 11.6. The Morgan fingerprint density at radius 2 is 2.06 bits per heavy atom. The summed E-state index contributed by atoms with van der Waals surface area (Å²) in [6.07, 6.45) is 1.37. The molecule has 0 aromatic heterocycles. The predicted octanol–water partition coefficient (Wildman–Crippen LogP) is 1.87. The van der Waals surface area contributed by atoms with Gasteiger partial charge in [0, 0.05) is 18.7 Å². The fraction of sp³-hybridized carbons (Fsp3) is 0.500. The van der Waals surface area contributed by atoms with Crippen molar-refractivity contribution in [3.05, 3.63) is 35.4 Å². The summed E-state index contributed by atoms with van der Waals surface area (Å²) < 4.78 is 0. The lowest BCUT2D eigenvalue weighted by Crippen LogP contribution is -2.21. The average molecular weight is 247 g/mol. The van der Waals surface area contributed by atoms with Crippen LogP contribution in [0.3, 0.4) is 0 Å². The maximum Gasteiger partial charge on any atom is 0.170 e. The van der Waals surface area contributed by atoms with Crippen molar-refractivity contribution in [3.8, 4) is 0 Å². The van der Waals surface area contributed by atoms with Gasteiger partial charge in [-0.3, -0.25) is 0 Å². The first-order valence-electron chi connectivity index (χ1n) is 6.35. The largest absolute Gasteiger partial charge is 0.409 e. The van der Waals surface area contributed by atoms with Crippen molar-refractivity contribution in [3.63, 3.8) is 0 Å². The van der Waals surface area contributed by atoms with Gasteiger partial charge in [0.1, 0.15) is 0 Å². The van der Waals surface area contributed by atoms with Gasteiger partial charge < -0.3 is 15.8 Å². The predicted molar refractivity (Wildman–Crippen MR) is 72.6 cm³/mol. The molecule has 0 spiro atoms. The molecule has 98 valence electrons. The van der Waals surface area contributed by atoms with Crippen LogP contribution in [0.15, 0.2) is 29.4 Å². The lowest BCUT2D eigenvalue weighted by molar-refractivity contribution is 0.307. The first-order valence-corrected chi connectivity index (χ1v) is 6.35. The van der Waals surface area contributed by atoms with E-state index in [4.69, 9.17) is 10.9 Å². The minimum Gasteiger partial charge on any atom is -0.409 e. The van der Waals surface area contributed by atoms with E-state index in [1.54, 1.807) is 0 Å². The van der Waals surface area contributed by atoms with E-state index in [1.807, 2.05) is 24.3 Å². The van der Waals surface area contributed by atoms with Crippen molar-refractivity contribution in [1.29, 1.82) is 0 Å². The summed E-state index contributed by atoms with van der Waals surface area (Å²) in [5.74, 6) is 1.93. The maximum atomic E-state index is 8.59. The van der Waals surface area contributed by atoms with Crippen LogP contribution in [0.4, 0.5) is 0 Å². The normalized spacial score (nSPS) is 23.4.